The molecule has 0 aliphatic heterocycles. The third-order valence-electron chi connectivity index (χ3n) is 2.56. The van der Waals surface area contributed by atoms with Gasteiger partial charge in [0.05, 0.1) is 5.56 Å². The number of carbonyl (C=O) groups is 1. The maximum atomic E-state index is 12.3. The molecule has 1 N–H and O–H groups in total. The van der Waals surface area contributed by atoms with Crippen molar-refractivity contribution in [2.24, 2.45) is 0 Å². The largest absolute Gasteiger partial charge is 0.416 e. The second-order valence-electron chi connectivity index (χ2n) is 4.12. The Labute approximate surface area is 114 Å². The van der Waals surface area contributed by atoms with Crippen LogP contribution in [0.5, 0.6) is 0 Å². The Hall–Kier alpha value is -1.23. The number of halogens is 4. The van der Waals surface area contributed by atoms with Crippen LogP contribution in [0.3, 0.4) is 0 Å². The molecule has 0 aliphatic carbocycles. The van der Waals surface area contributed by atoms with Gasteiger partial charge in [-0.25, -0.2) is 0 Å². The van der Waals surface area contributed by atoms with Crippen molar-refractivity contribution in [3.63, 3.8) is 0 Å². The van der Waals surface area contributed by atoms with E-state index in [9.17, 15) is 18.0 Å². The Morgan fingerprint density at radius 1 is 1.16 bits per heavy atom. The highest BCUT2D eigenvalue weighted by atomic mass is 35.5. The lowest BCUT2D eigenvalue weighted by Crippen LogP contribution is -2.22. The molecule has 0 heterocycles. The summed E-state index contributed by atoms with van der Waals surface area (Å²) in [5.41, 5.74) is -0.0524. The van der Waals surface area contributed by atoms with Gasteiger partial charge in [0, 0.05) is 18.8 Å². The molecule has 19 heavy (non-hydrogen) atoms. The summed E-state index contributed by atoms with van der Waals surface area (Å²) in [4.78, 5) is 11.4. The van der Waals surface area contributed by atoms with E-state index in [1.165, 1.54) is 12.1 Å². The molecule has 1 rings (SSSR count). The first-order chi connectivity index (χ1) is 8.93. The van der Waals surface area contributed by atoms with Crippen LogP contribution in [0.4, 0.5) is 13.2 Å². The van der Waals surface area contributed by atoms with Crippen molar-refractivity contribution in [2.45, 2.75) is 32.0 Å². The summed E-state index contributed by atoms with van der Waals surface area (Å²) in [6.45, 7) is 0.234. The van der Waals surface area contributed by atoms with Crippen molar-refractivity contribution in [2.75, 3.05) is 5.88 Å². The molecular formula is C13H15ClF3NO. The zero-order chi connectivity index (χ0) is 14.3. The first kappa shape index (κ1) is 15.8. The van der Waals surface area contributed by atoms with Gasteiger partial charge in [-0.05, 0) is 30.5 Å². The zero-order valence-electron chi connectivity index (χ0n) is 10.3. The van der Waals surface area contributed by atoms with Gasteiger partial charge in [0.1, 0.15) is 0 Å². The summed E-state index contributed by atoms with van der Waals surface area (Å²) < 4.78 is 37.0. The number of hydrogen-bond acceptors (Lipinski definition) is 1. The van der Waals surface area contributed by atoms with Crippen molar-refractivity contribution < 1.29 is 18.0 Å². The van der Waals surface area contributed by atoms with Gasteiger partial charge >= 0.3 is 6.18 Å². The highest BCUT2D eigenvalue weighted by Gasteiger charge is 2.29. The van der Waals surface area contributed by atoms with Crippen molar-refractivity contribution in [1.29, 1.82) is 0 Å². The maximum absolute atomic E-state index is 12.3. The normalized spacial score (nSPS) is 11.4. The van der Waals surface area contributed by atoms with E-state index in [2.05, 4.69) is 5.32 Å². The molecule has 0 bridgehead atoms. The third kappa shape index (κ3) is 5.96. The van der Waals surface area contributed by atoms with Crippen LogP contribution in [-0.2, 0) is 17.5 Å². The molecule has 0 atom stereocenters. The highest BCUT2D eigenvalue weighted by molar-refractivity contribution is 6.17. The standard InChI is InChI=1S/C13H15ClF3NO/c14-8-2-1-3-12(19)18-9-10-4-6-11(7-5-10)13(15,16)17/h4-7H,1-3,8-9H2,(H,18,19). The van der Waals surface area contributed by atoms with Crippen molar-refractivity contribution in [3.8, 4) is 0 Å². The summed E-state index contributed by atoms with van der Waals surface area (Å²) in [6.07, 6.45) is -2.46. The predicted molar refractivity (Wildman–Crippen MR) is 67.9 cm³/mol. The summed E-state index contributed by atoms with van der Waals surface area (Å²) in [7, 11) is 0. The first-order valence-corrected chi connectivity index (χ1v) is 6.45. The molecule has 2 nitrogen and oxygen atoms in total. The first-order valence-electron chi connectivity index (χ1n) is 5.92. The van der Waals surface area contributed by atoms with Crippen LogP contribution in [0.15, 0.2) is 24.3 Å². The number of amides is 1. The van der Waals surface area contributed by atoms with Gasteiger partial charge in [0.15, 0.2) is 0 Å². The SMILES string of the molecule is O=C(CCCCCl)NCc1ccc(C(F)(F)F)cc1. The fourth-order valence-electron chi connectivity index (χ4n) is 1.48. The van der Waals surface area contributed by atoms with E-state index in [4.69, 9.17) is 11.6 Å². The molecule has 0 unspecified atom stereocenters. The predicted octanol–water partition coefficient (Wildman–Crippen LogP) is 3.73. The Balaban J connectivity index is 2.40. The highest BCUT2D eigenvalue weighted by Crippen LogP contribution is 2.28. The molecule has 0 saturated heterocycles. The zero-order valence-corrected chi connectivity index (χ0v) is 11.0. The quantitative estimate of drug-likeness (QED) is 0.628. The van der Waals surface area contributed by atoms with Crippen molar-refractivity contribution >= 4 is 17.5 Å². The van der Waals surface area contributed by atoms with Crippen LogP contribution in [0.1, 0.15) is 30.4 Å². The molecule has 0 spiro atoms. The van der Waals surface area contributed by atoms with Gasteiger partial charge in [-0.1, -0.05) is 12.1 Å². The van der Waals surface area contributed by atoms with E-state index >= 15 is 0 Å². The number of nitrogens with one attached hydrogen (secondary N) is 1. The molecule has 0 aliphatic rings. The summed E-state index contributed by atoms with van der Waals surface area (Å²) in [5, 5.41) is 2.65. The molecule has 0 saturated carbocycles. The molecule has 1 amide bonds. The molecule has 1 aromatic rings. The number of hydrogen-bond donors (Lipinski definition) is 1. The lowest BCUT2D eigenvalue weighted by atomic mass is 10.1. The second-order valence-corrected chi connectivity index (χ2v) is 4.50. The molecule has 0 fully saturated rings. The Bertz CT molecular complexity index is 403. The fourth-order valence-corrected chi connectivity index (χ4v) is 1.67. The van der Waals surface area contributed by atoms with Crippen LogP contribution in [0.2, 0.25) is 0 Å². The Morgan fingerprint density at radius 3 is 2.32 bits per heavy atom. The van der Waals surface area contributed by atoms with Crippen LogP contribution >= 0.6 is 11.6 Å². The van der Waals surface area contributed by atoms with Gasteiger partial charge in [-0.3, -0.25) is 4.79 Å². The molecular weight excluding hydrogens is 279 g/mol. The molecule has 0 aromatic heterocycles. The van der Waals surface area contributed by atoms with E-state index in [1.807, 2.05) is 0 Å². The number of unbranched alkanes of at least 4 members (excludes halogenated alkanes) is 1. The van der Waals surface area contributed by atoms with Gasteiger partial charge in [0.25, 0.3) is 0 Å². The van der Waals surface area contributed by atoms with Crippen LogP contribution in [0.25, 0.3) is 0 Å². The maximum Gasteiger partial charge on any atom is 0.416 e. The van der Waals surface area contributed by atoms with E-state index in [0.717, 1.165) is 18.6 Å². The monoisotopic (exact) mass is 293 g/mol. The minimum Gasteiger partial charge on any atom is -0.352 e. The summed E-state index contributed by atoms with van der Waals surface area (Å²) in [5.74, 6) is 0.400. The number of benzene rings is 1. The lowest BCUT2D eigenvalue weighted by molar-refractivity contribution is -0.137. The lowest BCUT2D eigenvalue weighted by Gasteiger charge is -2.08. The number of alkyl halides is 4. The molecule has 106 valence electrons. The molecule has 6 heteroatoms. The van der Waals surface area contributed by atoms with Gasteiger partial charge in [0.2, 0.25) is 5.91 Å². The van der Waals surface area contributed by atoms with E-state index in [0.29, 0.717) is 24.3 Å². The van der Waals surface area contributed by atoms with Crippen molar-refractivity contribution in [1.82, 2.24) is 5.32 Å². The van der Waals surface area contributed by atoms with E-state index in [-0.39, 0.29) is 12.5 Å². The smallest absolute Gasteiger partial charge is 0.352 e. The van der Waals surface area contributed by atoms with Gasteiger partial charge in [-0.15, -0.1) is 11.6 Å². The topological polar surface area (TPSA) is 29.1 Å². The molecule has 0 radical (unpaired) electrons. The minimum atomic E-state index is -4.33. The Kier molecular flexibility index (Phi) is 6.15. The number of rotatable bonds is 6. The van der Waals surface area contributed by atoms with Crippen molar-refractivity contribution in [3.05, 3.63) is 35.4 Å². The van der Waals surface area contributed by atoms with E-state index < -0.39 is 11.7 Å². The van der Waals surface area contributed by atoms with Crippen LogP contribution < -0.4 is 5.32 Å². The van der Waals surface area contributed by atoms with Crippen LogP contribution in [-0.4, -0.2) is 11.8 Å². The van der Waals surface area contributed by atoms with Gasteiger partial charge < -0.3 is 5.32 Å². The van der Waals surface area contributed by atoms with Crippen LogP contribution in [0, 0.1) is 0 Å². The fraction of sp³-hybridized carbons (Fsp3) is 0.462. The third-order valence-corrected chi connectivity index (χ3v) is 2.83. The molecule has 1 aromatic carbocycles. The summed E-state index contributed by atoms with van der Waals surface area (Å²) in [6, 6.07) is 4.74. The Morgan fingerprint density at radius 2 is 1.79 bits per heavy atom. The minimum absolute atomic E-state index is 0.120. The second kappa shape index (κ2) is 7.38. The number of carbonyl (C=O) groups excluding carboxylic acids is 1. The van der Waals surface area contributed by atoms with E-state index in [1.54, 1.807) is 0 Å². The average molecular weight is 294 g/mol. The average Bonchev–Trinajstić information content (AvgIpc) is 2.36. The van der Waals surface area contributed by atoms with Gasteiger partial charge in [-0.2, -0.15) is 13.2 Å². The summed E-state index contributed by atoms with van der Waals surface area (Å²) >= 11 is 5.49.